The zero-order valence-corrected chi connectivity index (χ0v) is 17.8. The van der Waals surface area contributed by atoms with E-state index < -0.39 is 0 Å². The fourth-order valence-electron chi connectivity index (χ4n) is 3.74. The summed E-state index contributed by atoms with van der Waals surface area (Å²) in [6, 6.07) is 11.5. The van der Waals surface area contributed by atoms with Gasteiger partial charge in [0.2, 0.25) is 11.7 Å². The van der Waals surface area contributed by atoms with E-state index in [1.54, 1.807) is 12.3 Å². The lowest BCUT2D eigenvalue weighted by atomic mass is 10.0. The standard InChI is InChI=1S/C21H23ClN4O2S/c1-2-15-8-5-6-12-25(15)19(27)14-29-21-24-23-20(18-11-7-13-28-18)26(21)17-10-4-3-9-16(17)22/h3-4,7,9-11,13,15H,2,5-6,8,12,14H2,1H3. The fraction of sp³-hybridized carbons (Fsp3) is 0.381. The molecule has 0 aliphatic carbocycles. The van der Waals surface area contributed by atoms with Gasteiger partial charge in [0, 0.05) is 12.6 Å². The Kier molecular flexibility index (Phi) is 6.25. The lowest BCUT2D eigenvalue weighted by Crippen LogP contribution is -2.44. The number of carbonyl (C=O) groups excluding carboxylic acids is 1. The van der Waals surface area contributed by atoms with E-state index >= 15 is 0 Å². The molecule has 1 atom stereocenters. The average molecular weight is 431 g/mol. The van der Waals surface area contributed by atoms with Gasteiger partial charge in [-0.25, -0.2) is 0 Å². The molecule has 8 heteroatoms. The third kappa shape index (κ3) is 4.21. The highest BCUT2D eigenvalue weighted by Crippen LogP contribution is 2.32. The summed E-state index contributed by atoms with van der Waals surface area (Å²) in [5.41, 5.74) is 0.755. The first-order valence-electron chi connectivity index (χ1n) is 9.85. The SMILES string of the molecule is CCC1CCCCN1C(=O)CSc1nnc(-c2ccco2)n1-c1ccccc1Cl. The molecule has 4 rings (SSSR count). The molecule has 29 heavy (non-hydrogen) atoms. The van der Waals surface area contributed by atoms with Crippen LogP contribution in [0.15, 0.2) is 52.2 Å². The highest BCUT2D eigenvalue weighted by atomic mass is 35.5. The number of hydrogen-bond donors (Lipinski definition) is 0. The predicted octanol–water partition coefficient (Wildman–Crippen LogP) is 5.06. The van der Waals surface area contributed by atoms with Crippen LogP contribution in [0.3, 0.4) is 0 Å². The van der Waals surface area contributed by atoms with Crippen molar-refractivity contribution in [1.82, 2.24) is 19.7 Å². The van der Waals surface area contributed by atoms with Gasteiger partial charge in [-0.15, -0.1) is 10.2 Å². The van der Waals surface area contributed by atoms with Crippen LogP contribution < -0.4 is 0 Å². The van der Waals surface area contributed by atoms with Crippen molar-refractivity contribution in [3.05, 3.63) is 47.7 Å². The van der Waals surface area contributed by atoms with Gasteiger partial charge in [-0.3, -0.25) is 9.36 Å². The summed E-state index contributed by atoms with van der Waals surface area (Å²) in [5.74, 6) is 1.62. The van der Waals surface area contributed by atoms with Gasteiger partial charge in [0.25, 0.3) is 0 Å². The fourth-order valence-corrected chi connectivity index (χ4v) is 4.79. The van der Waals surface area contributed by atoms with Gasteiger partial charge in [0.15, 0.2) is 10.9 Å². The molecule has 1 amide bonds. The molecule has 2 aromatic heterocycles. The summed E-state index contributed by atoms with van der Waals surface area (Å²) in [7, 11) is 0. The maximum absolute atomic E-state index is 12.9. The Morgan fingerprint density at radius 3 is 2.86 bits per heavy atom. The Labute approximate surface area is 179 Å². The number of halogens is 1. The highest BCUT2D eigenvalue weighted by molar-refractivity contribution is 7.99. The van der Waals surface area contributed by atoms with E-state index in [-0.39, 0.29) is 5.91 Å². The molecule has 1 aromatic carbocycles. The lowest BCUT2D eigenvalue weighted by molar-refractivity contribution is -0.132. The van der Waals surface area contributed by atoms with Crippen molar-refractivity contribution in [3.8, 4) is 17.3 Å². The number of amides is 1. The van der Waals surface area contributed by atoms with Crippen molar-refractivity contribution in [2.24, 2.45) is 0 Å². The minimum atomic E-state index is 0.148. The second kappa shape index (κ2) is 9.05. The quantitative estimate of drug-likeness (QED) is 0.511. The Bertz CT molecular complexity index is 973. The number of benzene rings is 1. The molecule has 0 spiro atoms. The van der Waals surface area contributed by atoms with Crippen LogP contribution in [0.4, 0.5) is 0 Å². The molecule has 0 N–H and O–H groups in total. The lowest BCUT2D eigenvalue weighted by Gasteiger charge is -2.35. The number of likely N-dealkylation sites (tertiary alicyclic amines) is 1. The molecule has 3 aromatic rings. The van der Waals surface area contributed by atoms with Crippen LogP contribution in [0.2, 0.25) is 5.02 Å². The number of carbonyl (C=O) groups is 1. The minimum absolute atomic E-state index is 0.148. The Morgan fingerprint density at radius 2 is 2.10 bits per heavy atom. The topological polar surface area (TPSA) is 64.2 Å². The van der Waals surface area contributed by atoms with Gasteiger partial charge < -0.3 is 9.32 Å². The summed E-state index contributed by atoms with van der Waals surface area (Å²) in [6.07, 6.45) is 5.95. The summed E-state index contributed by atoms with van der Waals surface area (Å²) in [4.78, 5) is 14.9. The van der Waals surface area contributed by atoms with Gasteiger partial charge >= 0.3 is 0 Å². The van der Waals surface area contributed by atoms with E-state index in [0.717, 1.165) is 31.5 Å². The molecule has 1 saturated heterocycles. The smallest absolute Gasteiger partial charge is 0.233 e. The Morgan fingerprint density at radius 1 is 1.24 bits per heavy atom. The third-order valence-electron chi connectivity index (χ3n) is 5.21. The van der Waals surface area contributed by atoms with Crippen LogP contribution in [-0.4, -0.2) is 43.9 Å². The van der Waals surface area contributed by atoms with Crippen LogP contribution in [0.1, 0.15) is 32.6 Å². The molecule has 1 aliphatic rings. The van der Waals surface area contributed by atoms with Crippen LogP contribution in [-0.2, 0) is 4.79 Å². The van der Waals surface area contributed by atoms with Gasteiger partial charge in [0.05, 0.1) is 22.7 Å². The monoisotopic (exact) mass is 430 g/mol. The number of thioether (sulfide) groups is 1. The Balaban J connectivity index is 1.61. The van der Waals surface area contributed by atoms with Crippen molar-refractivity contribution in [3.63, 3.8) is 0 Å². The second-order valence-corrected chi connectivity index (χ2v) is 8.35. The highest BCUT2D eigenvalue weighted by Gasteiger charge is 2.26. The van der Waals surface area contributed by atoms with Crippen LogP contribution in [0, 0.1) is 0 Å². The molecule has 1 fully saturated rings. The van der Waals surface area contributed by atoms with E-state index in [0.29, 0.717) is 33.6 Å². The maximum atomic E-state index is 12.9. The first kappa shape index (κ1) is 20.0. The number of rotatable bonds is 6. The summed E-state index contributed by atoms with van der Waals surface area (Å²) in [6.45, 7) is 2.99. The van der Waals surface area contributed by atoms with E-state index in [4.69, 9.17) is 16.0 Å². The Hall–Kier alpha value is -2.25. The molecular formula is C21H23ClN4O2S. The van der Waals surface area contributed by atoms with Crippen LogP contribution in [0.5, 0.6) is 0 Å². The predicted molar refractivity (Wildman–Crippen MR) is 114 cm³/mol. The second-order valence-electron chi connectivity index (χ2n) is 7.00. The van der Waals surface area contributed by atoms with E-state index in [9.17, 15) is 4.79 Å². The van der Waals surface area contributed by atoms with Gasteiger partial charge in [-0.05, 0) is 49.9 Å². The zero-order valence-electron chi connectivity index (χ0n) is 16.3. The number of hydrogen-bond acceptors (Lipinski definition) is 5. The van der Waals surface area contributed by atoms with Crippen molar-refractivity contribution >= 4 is 29.3 Å². The first-order valence-corrected chi connectivity index (χ1v) is 11.2. The van der Waals surface area contributed by atoms with Crippen molar-refractivity contribution in [2.45, 2.75) is 43.8 Å². The van der Waals surface area contributed by atoms with Gasteiger partial charge in [-0.2, -0.15) is 0 Å². The number of aromatic nitrogens is 3. The third-order valence-corrected chi connectivity index (χ3v) is 6.45. The molecule has 0 radical (unpaired) electrons. The maximum Gasteiger partial charge on any atom is 0.233 e. The minimum Gasteiger partial charge on any atom is -0.461 e. The summed E-state index contributed by atoms with van der Waals surface area (Å²) in [5, 5.41) is 9.84. The average Bonchev–Trinajstić information content (AvgIpc) is 3.42. The molecular weight excluding hydrogens is 408 g/mol. The largest absolute Gasteiger partial charge is 0.461 e. The van der Waals surface area contributed by atoms with Crippen molar-refractivity contribution in [1.29, 1.82) is 0 Å². The molecule has 1 aliphatic heterocycles. The van der Waals surface area contributed by atoms with Crippen LogP contribution >= 0.6 is 23.4 Å². The number of para-hydroxylation sites is 1. The molecule has 1 unspecified atom stereocenters. The summed E-state index contributed by atoms with van der Waals surface area (Å²) >= 11 is 7.83. The number of piperidine rings is 1. The van der Waals surface area contributed by atoms with Crippen molar-refractivity contribution < 1.29 is 9.21 Å². The number of nitrogens with zero attached hydrogens (tertiary/aromatic N) is 4. The van der Waals surface area contributed by atoms with E-state index in [1.165, 1.54) is 18.2 Å². The van der Waals surface area contributed by atoms with Gasteiger partial charge in [0.1, 0.15) is 0 Å². The van der Waals surface area contributed by atoms with Gasteiger partial charge in [-0.1, -0.05) is 42.4 Å². The molecule has 152 valence electrons. The normalized spacial score (nSPS) is 16.9. The van der Waals surface area contributed by atoms with E-state index in [2.05, 4.69) is 17.1 Å². The number of furan rings is 1. The zero-order chi connectivity index (χ0) is 20.2. The summed E-state index contributed by atoms with van der Waals surface area (Å²) < 4.78 is 7.39. The van der Waals surface area contributed by atoms with Crippen molar-refractivity contribution in [2.75, 3.05) is 12.3 Å². The van der Waals surface area contributed by atoms with Crippen LogP contribution in [0.25, 0.3) is 17.3 Å². The molecule has 0 bridgehead atoms. The molecule has 3 heterocycles. The molecule has 6 nitrogen and oxygen atoms in total. The van der Waals surface area contributed by atoms with E-state index in [1.807, 2.05) is 39.8 Å². The molecule has 0 saturated carbocycles. The first-order chi connectivity index (χ1) is 14.2.